The van der Waals surface area contributed by atoms with E-state index in [1.807, 2.05) is 13.8 Å². The molecule has 0 bridgehead atoms. The summed E-state index contributed by atoms with van der Waals surface area (Å²) in [5.74, 6) is -1.21. The SMILES string of the molecule is CC[C@@H](C)N(C(=O)COC(=O)c1cc(C)no1)[C@H]1CCS(=O)(=O)C1. The molecule has 1 aliphatic heterocycles. The predicted molar refractivity (Wildman–Crippen MR) is 85.2 cm³/mol. The van der Waals surface area contributed by atoms with E-state index in [9.17, 15) is 18.0 Å². The van der Waals surface area contributed by atoms with Gasteiger partial charge >= 0.3 is 5.97 Å². The van der Waals surface area contributed by atoms with Crippen LogP contribution < -0.4 is 0 Å². The number of esters is 1. The quantitative estimate of drug-likeness (QED) is 0.697. The Hall–Kier alpha value is -1.90. The maximum Gasteiger partial charge on any atom is 0.377 e. The smallest absolute Gasteiger partial charge is 0.377 e. The lowest BCUT2D eigenvalue weighted by Gasteiger charge is -2.33. The number of hydrogen-bond acceptors (Lipinski definition) is 7. The van der Waals surface area contributed by atoms with Crippen LogP contribution in [-0.4, -0.2) is 60.5 Å². The Morgan fingerprint density at radius 1 is 1.50 bits per heavy atom. The number of nitrogens with zero attached hydrogens (tertiary/aromatic N) is 2. The fraction of sp³-hybridized carbons (Fsp3) is 0.667. The molecule has 0 N–H and O–H groups in total. The van der Waals surface area contributed by atoms with E-state index in [1.54, 1.807) is 6.92 Å². The first-order chi connectivity index (χ1) is 11.2. The van der Waals surface area contributed by atoms with Gasteiger partial charge in [-0.25, -0.2) is 13.2 Å². The van der Waals surface area contributed by atoms with E-state index in [2.05, 4.69) is 5.16 Å². The Morgan fingerprint density at radius 2 is 2.21 bits per heavy atom. The average Bonchev–Trinajstić information content (AvgIpc) is 3.10. The van der Waals surface area contributed by atoms with Crippen molar-refractivity contribution in [1.82, 2.24) is 10.1 Å². The lowest BCUT2D eigenvalue weighted by Crippen LogP contribution is -2.48. The molecule has 8 nitrogen and oxygen atoms in total. The van der Waals surface area contributed by atoms with Crippen LogP contribution in [0.4, 0.5) is 0 Å². The number of ether oxygens (including phenoxy) is 1. The monoisotopic (exact) mass is 358 g/mol. The molecule has 0 aliphatic carbocycles. The second-order valence-corrected chi connectivity index (χ2v) is 8.25. The summed E-state index contributed by atoms with van der Waals surface area (Å²) in [7, 11) is -3.11. The molecule has 1 aromatic heterocycles. The Bertz CT molecular complexity index is 711. The highest BCUT2D eigenvalue weighted by molar-refractivity contribution is 7.91. The largest absolute Gasteiger partial charge is 0.450 e. The van der Waals surface area contributed by atoms with Crippen LogP contribution in [0.15, 0.2) is 10.6 Å². The lowest BCUT2D eigenvalue weighted by molar-refractivity contribution is -0.138. The van der Waals surface area contributed by atoms with Crippen molar-refractivity contribution in [2.75, 3.05) is 18.1 Å². The van der Waals surface area contributed by atoms with E-state index >= 15 is 0 Å². The third-order valence-electron chi connectivity index (χ3n) is 4.11. The molecule has 0 saturated carbocycles. The first-order valence-corrected chi connectivity index (χ1v) is 9.67. The third kappa shape index (κ3) is 4.34. The standard InChI is InChI=1S/C15H22N2O6S/c1-4-11(3)17(12-5-6-24(20,21)9-12)14(18)8-22-15(19)13-7-10(2)16-23-13/h7,11-12H,4-6,8-9H2,1-3H3/t11-,12+/m1/s1. The molecule has 2 atom stereocenters. The summed E-state index contributed by atoms with van der Waals surface area (Å²) >= 11 is 0. The van der Waals surface area contributed by atoms with Gasteiger partial charge in [-0.05, 0) is 26.7 Å². The zero-order valence-electron chi connectivity index (χ0n) is 14.0. The summed E-state index contributed by atoms with van der Waals surface area (Å²) in [5, 5.41) is 3.58. The first kappa shape index (κ1) is 18.4. The Morgan fingerprint density at radius 3 is 2.71 bits per heavy atom. The van der Waals surface area contributed by atoms with Crippen LogP contribution in [0.25, 0.3) is 0 Å². The van der Waals surface area contributed by atoms with E-state index in [-0.39, 0.29) is 29.3 Å². The van der Waals surface area contributed by atoms with Crippen LogP contribution in [-0.2, 0) is 19.4 Å². The molecule has 2 rings (SSSR count). The van der Waals surface area contributed by atoms with E-state index in [0.29, 0.717) is 18.5 Å². The van der Waals surface area contributed by atoms with E-state index in [1.165, 1.54) is 11.0 Å². The molecule has 1 saturated heterocycles. The van der Waals surface area contributed by atoms with Crippen molar-refractivity contribution in [1.29, 1.82) is 0 Å². The van der Waals surface area contributed by atoms with Gasteiger partial charge in [-0.2, -0.15) is 0 Å². The van der Waals surface area contributed by atoms with Crippen molar-refractivity contribution < 1.29 is 27.3 Å². The molecule has 0 spiro atoms. The lowest BCUT2D eigenvalue weighted by atomic mass is 10.1. The minimum atomic E-state index is -3.11. The fourth-order valence-electron chi connectivity index (χ4n) is 2.73. The molecular formula is C15H22N2O6S. The van der Waals surface area contributed by atoms with Crippen LogP contribution in [0.3, 0.4) is 0 Å². The van der Waals surface area contributed by atoms with Crippen LogP contribution in [0, 0.1) is 6.92 Å². The molecule has 0 unspecified atom stereocenters. The summed E-state index contributed by atoms with van der Waals surface area (Å²) in [6.45, 7) is 4.97. The number of amides is 1. The zero-order chi connectivity index (χ0) is 17.9. The number of aromatic nitrogens is 1. The minimum Gasteiger partial charge on any atom is -0.450 e. The van der Waals surface area contributed by atoms with Crippen LogP contribution in [0.1, 0.15) is 42.9 Å². The highest BCUT2D eigenvalue weighted by Crippen LogP contribution is 2.21. The van der Waals surface area contributed by atoms with E-state index in [0.717, 1.165) is 0 Å². The van der Waals surface area contributed by atoms with Crippen LogP contribution in [0.5, 0.6) is 0 Å². The Balaban J connectivity index is 2.01. The Labute approximate surface area is 141 Å². The van der Waals surface area contributed by atoms with Crippen LogP contribution in [0.2, 0.25) is 0 Å². The molecule has 9 heteroatoms. The molecule has 2 heterocycles. The van der Waals surface area contributed by atoms with Gasteiger partial charge in [0.15, 0.2) is 16.4 Å². The van der Waals surface area contributed by atoms with E-state index < -0.39 is 28.3 Å². The molecule has 1 aromatic rings. The number of sulfone groups is 1. The third-order valence-corrected chi connectivity index (χ3v) is 5.86. The summed E-state index contributed by atoms with van der Waals surface area (Å²) in [6.07, 6.45) is 1.09. The van der Waals surface area contributed by atoms with Gasteiger partial charge in [-0.15, -0.1) is 0 Å². The first-order valence-electron chi connectivity index (χ1n) is 7.85. The average molecular weight is 358 g/mol. The number of rotatable bonds is 6. The topological polar surface area (TPSA) is 107 Å². The summed E-state index contributed by atoms with van der Waals surface area (Å²) in [6, 6.07) is 0.911. The minimum absolute atomic E-state index is 0.0433. The predicted octanol–water partition coefficient (Wildman–Crippen LogP) is 0.954. The maximum absolute atomic E-state index is 12.5. The van der Waals surface area contributed by atoms with Gasteiger partial charge in [0.1, 0.15) is 0 Å². The molecule has 1 amide bonds. The van der Waals surface area contributed by atoms with Gasteiger partial charge in [-0.1, -0.05) is 12.1 Å². The van der Waals surface area contributed by atoms with Crippen molar-refractivity contribution >= 4 is 21.7 Å². The second kappa shape index (κ2) is 7.33. The number of carbonyl (C=O) groups excluding carboxylic acids is 2. The summed E-state index contributed by atoms with van der Waals surface area (Å²) in [5.41, 5.74) is 0.533. The van der Waals surface area contributed by atoms with Crippen molar-refractivity contribution in [3.63, 3.8) is 0 Å². The maximum atomic E-state index is 12.5. The van der Waals surface area contributed by atoms with Gasteiger partial charge in [0.25, 0.3) is 5.91 Å². The van der Waals surface area contributed by atoms with Crippen molar-refractivity contribution in [2.45, 2.75) is 45.7 Å². The van der Waals surface area contributed by atoms with Gasteiger partial charge < -0.3 is 14.2 Å². The van der Waals surface area contributed by atoms with Gasteiger partial charge in [-0.3, -0.25) is 4.79 Å². The number of aryl methyl sites for hydroxylation is 1. The van der Waals surface area contributed by atoms with Crippen molar-refractivity contribution in [3.05, 3.63) is 17.5 Å². The van der Waals surface area contributed by atoms with Crippen molar-refractivity contribution in [2.24, 2.45) is 0 Å². The number of carbonyl (C=O) groups is 2. The molecule has 24 heavy (non-hydrogen) atoms. The van der Waals surface area contributed by atoms with Crippen LogP contribution >= 0.6 is 0 Å². The molecular weight excluding hydrogens is 336 g/mol. The molecule has 0 radical (unpaired) electrons. The highest BCUT2D eigenvalue weighted by Gasteiger charge is 2.36. The van der Waals surface area contributed by atoms with Gasteiger partial charge in [0.2, 0.25) is 5.76 Å². The molecule has 1 fully saturated rings. The molecule has 0 aromatic carbocycles. The normalized spacial score (nSPS) is 20.5. The second-order valence-electron chi connectivity index (χ2n) is 6.02. The molecule has 1 aliphatic rings. The highest BCUT2D eigenvalue weighted by atomic mass is 32.2. The Kier molecular flexibility index (Phi) is 5.63. The van der Waals surface area contributed by atoms with Gasteiger partial charge in [0, 0.05) is 18.2 Å². The fourth-order valence-corrected chi connectivity index (χ4v) is 4.44. The number of hydrogen-bond donors (Lipinski definition) is 0. The van der Waals surface area contributed by atoms with Crippen molar-refractivity contribution in [3.8, 4) is 0 Å². The molecule has 134 valence electrons. The zero-order valence-corrected chi connectivity index (χ0v) is 14.8. The van der Waals surface area contributed by atoms with E-state index in [4.69, 9.17) is 9.26 Å². The van der Waals surface area contributed by atoms with Gasteiger partial charge in [0.05, 0.1) is 17.2 Å². The summed E-state index contributed by atoms with van der Waals surface area (Å²) < 4.78 is 33.1. The summed E-state index contributed by atoms with van der Waals surface area (Å²) in [4.78, 5) is 25.8.